The first-order valence-corrected chi connectivity index (χ1v) is 3.52. The molecule has 64 valence electrons. The summed E-state index contributed by atoms with van der Waals surface area (Å²) in [5.74, 6) is 0. The lowest BCUT2D eigenvalue weighted by Gasteiger charge is -2.17. The van der Waals surface area contributed by atoms with Crippen LogP contribution in [-0.4, -0.2) is 12.5 Å². The van der Waals surface area contributed by atoms with E-state index in [1.807, 2.05) is 0 Å². The molecule has 0 bridgehead atoms. The molecular formula is C7H9F3O. The Hall–Kier alpha value is -0.540. The Labute approximate surface area is 62.6 Å². The molecule has 0 atom stereocenters. The van der Waals surface area contributed by atoms with E-state index < -0.39 is 11.6 Å². The zero-order valence-corrected chi connectivity index (χ0v) is 5.95. The van der Waals surface area contributed by atoms with Gasteiger partial charge in [0, 0.05) is 6.42 Å². The number of alkyl halides is 3. The smallest absolute Gasteiger partial charge is 0.303 e. The molecule has 0 radical (unpaired) electrons. The Morgan fingerprint density at radius 3 is 2.18 bits per heavy atom. The summed E-state index contributed by atoms with van der Waals surface area (Å²) in [6.45, 7) is 0. The topological polar surface area (TPSA) is 17.1 Å². The monoisotopic (exact) mass is 166 g/mol. The molecule has 0 aromatic carbocycles. The van der Waals surface area contributed by atoms with Crippen LogP contribution in [0.3, 0.4) is 0 Å². The molecule has 0 N–H and O–H groups in total. The molecule has 0 saturated heterocycles. The summed E-state index contributed by atoms with van der Waals surface area (Å²) < 4.78 is 36.3. The second kappa shape index (κ2) is 2.50. The van der Waals surface area contributed by atoms with Crippen LogP contribution in [0, 0.1) is 5.41 Å². The number of halogens is 3. The normalized spacial score (nSPS) is 21.4. The van der Waals surface area contributed by atoms with Crippen LogP contribution in [0.25, 0.3) is 0 Å². The average molecular weight is 166 g/mol. The van der Waals surface area contributed by atoms with Crippen LogP contribution in [0.15, 0.2) is 0 Å². The fraction of sp³-hybridized carbons (Fsp3) is 0.857. The third kappa shape index (κ3) is 1.54. The predicted molar refractivity (Wildman–Crippen MR) is 33.0 cm³/mol. The maximum absolute atomic E-state index is 12.1. The predicted octanol–water partition coefficient (Wildman–Crippen LogP) is 2.31. The summed E-state index contributed by atoms with van der Waals surface area (Å²) in [7, 11) is 0. The van der Waals surface area contributed by atoms with Gasteiger partial charge in [-0.15, -0.1) is 0 Å². The molecule has 1 fully saturated rings. The molecular weight excluding hydrogens is 157 g/mol. The van der Waals surface area contributed by atoms with E-state index in [2.05, 4.69) is 0 Å². The first kappa shape index (κ1) is 8.56. The maximum atomic E-state index is 12.1. The Morgan fingerprint density at radius 1 is 1.36 bits per heavy atom. The minimum Gasteiger partial charge on any atom is -0.303 e. The summed E-state index contributed by atoms with van der Waals surface area (Å²) in [5, 5.41) is 0. The highest BCUT2D eigenvalue weighted by molar-refractivity contribution is 5.49. The van der Waals surface area contributed by atoms with Crippen molar-refractivity contribution in [2.75, 3.05) is 0 Å². The van der Waals surface area contributed by atoms with Crippen molar-refractivity contribution in [2.45, 2.75) is 31.9 Å². The number of carbonyl (C=O) groups is 1. The molecule has 1 aliphatic carbocycles. The van der Waals surface area contributed by atoms with Gasteiger partial charge in [-0.05, 0) is 19.3 Å². The van der Waals surface area contributed by atoms with E-state index >= 15 is 0 Å². The molecule has 1 rings (SSSR count). The van der Waals surface area contributed by atoms with Gasteiger partial charge < -0.3 is 4.79 Å². The van der Waals surface area contributed by atoms with Crippen LogP contribution in [0.5, 0.6) is 0 Å². The van der Waals surface area contributed by atoms with E-state index in [1.54, 1.807) is 0 Å². The lowest BCUT2D eigenvalue weighted by atomic mass is 10.0. The summed E-state index contributed by atoms with van der Waals surface area (Å²) in [6, 6.07) is 0. The first-order valence-electron chi connectivity index (χ1n) is 3.52. The average Bonchev–Trinajstić information content (AvgIpc) is 2.61. The SMILES string of the molecule is O=CCCC1(C(F)(F)F)CC1. The van der Waals surface area contributed by atoms with Gasteiger partial charge in [-0.1, -0.05) is 0 Å². The van der Waals surface area contributed by atoms with Crippen molar-refractivity contribution < 1.29 is 18.0 Å². The van der Waals surface area contributed by atoms with Gasteiger partial charge in [0.1, 0.15) is 6.29 Å². The van der Waals surface area contributed by atoms with Crippen LogP contribution in [0.2, 0.25) is 0 Å². The van der Waals surface area contributed by atoms with E-state index in [9.17, 15) is 18.0 Å². The van der Waals surface area contributed by atoms with Gasteiger partial charge in [-0.25, -0.2) is 0 Å². The van der Waals surface area contributed by atoms with E-state index in [4.69, 9.17) is 0 Å². The number of hydrogen-bond donors (Lipinski definition) is 0. The summed E-state index contributed by atoms with van der Waals surface area (Å²) in [4.78, 5) is 9.84. The Bertz CT molecular complexity index is 158. The van der Waals surface area contributed by atoms with Crippen molar-refractivity contribution in [3.8, 4) is 0 Å². The molecule has 4 heteroatoms. The highest BCUT2D eigenvalue weighted by Gasteiger charge is 2.62. The Morgan fingerprint density at radius 2 is 1.91 bits per heavy atom. The molecule has 0 aromatic rings. The second-order valence-corrected chi connectivity index (χ2v) is 2.98. The van der Waals surface area contributed by atoms with Gasteiger partial charge in [-0.3, -0.25) is 0 Å². The molecule has 0 spiro atoms. The Balaban J connectivity index is 2.47. The third-order valence-electron chi connectivity index (χ3n) is 2.20. The number of carbonyl (C=O) groups excluding carboxylic acids is 1. The number of rotatable bonds is 3. The number of aldehydes is 1. The van der Waals surface area contributed by atoms with E-state index in [1.165, 1.54) is 0 Å². The van der Waals surface area contributed by atoms with Crippen LogP contribution in [0.1, 0.15) is 25.7 Å². The van der Waals surface area contributed by atoms with Gasteiger partial charge in [-0.2, -0.15) is 13.2 Å². The molecule has 11 heavy (non-hydrogen) atoms. The van der Waals surface area contributed by atoms with Crippen LogP contribution < -0.4 is 0 Å². The highest BCUT2D eigenvalue weighted by Crippen LogP contribution is 2.60. The minimum absolute atomic E-state index is 0.0273. The zero-order chi connectivity index (χ0) is 8.54. The lowest BCUT2D eigenvalue weighted by molar-refractivity contribution is -0.188. The summed E-state index contributed by atoms with van der Waals surface area (Å²) in [6.07, 6.45) is -3.16. The minimum atomic E-state index is -4.10. The fourth-order valence-corrected chi connectivity index (χ4v) is 1.16. The molecule has 0 aromatic heterocycles. The number of hydrogen-bond acceptors (Lipinski definition) is 1. The van der Waals surface area contributed by atoms with Crippen molar-refractivity contribution in [1.29, 1.82) is 0 Å². The lowest BCUT2D eigenvalue weighted by Crippen LogP contribution is -2.24. The fourth-order valence-electron chi connectivity index (χ4n) is 1.16. The summed E-state index contributed by atoms with van der Waals surface area (Å²) in [5.41, 5.74) is -1.49. The highest BCUT2D eigenvalue weighted by atomic mass is 19.4. The molecule has 1 aliphatic rings. The first-order chi connectivity index (χ1) is 5.02. The van der Waals surface area contributed by atoms with Crippen LogP contribution in [-0.2, 0) is 4.79 Å². The second-order valence-electron chi connectivity index (χ2n) is 2.98. The largest absolute Gasteiger partial charge is 0.394 e. The van der Waals surface area contributed by atoms with Crippen molar-refractivity contribution in [1.82, 2.24) is 0 Å². The van der Waals surface area contributed by atoms with Crippen molar-refractivity contribution in [3.63, 3.8) is 0 Å². The Kier molecular flexibility index (Phi) is 1.94. The maximum Gasteiger partial charge on any atom is 0.394 e. The molecule has 0 heterocycles. The van der Waals surface area contributed by atoms with E-state index in [-0.39, 0.29) is 25.7 Å². The quantitative estimate of drug-likeness (QED) is 0.588. The van der Waals surface area contributed by atoms with Crippen LogP contribution >= 0.6 is 0 Å². The zero-order valence-electron chi connectivity index (χ0n) is 5.95. The van der Waals surface area contributed by atoms with Crippen molar-refractivity contribution >= 4 is 6.29 Å². The third-order valence-corrected chi connectivity index (χ3v) is 2.20. The van der Waals surface area contributed by atoms with E-state index in [0.29, 0.717) is 6.29 Å². The van der Waals surface area contributed by atoms with Gasteiger partial charge >= 0.3 is 6.18 Å². The van der Waals surface area contributed by atoms with Gasteiger partial charge in [0.05, 0.1) is 5.41 Å². The molecule has 1 saturated carbocycles. The van der Waals surface area contributed by atoms with Gasteiger partial charge in [0.25, 0.3) is 0 Å². The van der Waals surface area contributed by atoms with Crippen molar-refractivity contribution in [2.24, 2.45) is 5.41 Å². The molecule has 0 amide bonds. The molecule has 1 nitrogen and oxygen atoms in total. The standard InChI is InChI=1S/C7H9F3O/c8-7(9,10)6(3-4-6)2-1-5-11/h5H,1-4H2. The van der Waals surface area contributed by atoms with Crippen molar-refractivity contribution in [3.05, 3.63) is 0 Å². The van der Waals surface area contributed by atoms with E-state index in [0.717, 1.165) is 0 Å². The van der Waals surface area contributed by atoms with Crippen LogP contribution in [0.4, 0.5) is 13.2 Å². The molecule has 0 aliphatic heterocycles. The summed E-state index contributed by atoms with van der Waals surface area (Å²) >= 11 is 0. The molecule has 0 unspecified atom stereocenters. The van der Waals surface area contributed by atoms with Gasteiger partial charge in [0.15, 0.2) is 0 Å². The van der Waals surface area contributed by atoms with Gasteiger partial charge in [0.2, 0.25) is 0 Å².